The van der Waals surface area contributed by atoms with E-state index in [0.717, 1.165) is 33.8 Å². The maximum atomic E-state index is 10.2. The van der Waals surface area contributed by atoms with Crippen molar-refractivity contribution in [2.75, 3.05) is 0 Å². The molecule has 0 aliphatic rings. The molecule has 0 saturated heterocycles. The molecule has 0 amide bonds. The summed E-state index contributed by atoms with van der Waals surface area (Å²) in [5.74, 6) is 5.78. The predicted octanol–water partition coefficient (Wildman–Crippen LogP) is 3.53. The molecular formula is C16H10O2. The normalized spacial score (nSPS) is 10.2. The number of furan rings is 1. The quantitative estimate of drug-likeness (QED) is 0.476. The van der Waals surface area contributed by atoms with E-state index in [2.05, 4.69) is 11.8 Å². The van der Waals surface area contributed by atoms with Gasteiger partial charge in [-0.1, -0.05) is 30.0 Å². The highest BCUT2D eigenvalue weighted by atomic mass is 16.3. The first-order valence-electron chi connectivity index (χ1n) is 5.72. The van der Waals surface area contributed by atoms with Gasteiger partial charge in [0.15, 0.2) is 0 Å². The van der Waals surface area contributed by atoms with Crippen LogP contribution in [-0.2, 0) is 4.79 Å². The van der Waals surface area contributed by atoms with Crippen LogP contribution in [0.1, 0.15) is 12.0 Å². The number of para-hydroxylation sites is 1. The van der Waals surface area contributed by atoms with Gasteiger partial charge in [-0.15, -0.1) is 0 Å². The molecule has 18 heavy (non-hydrogen) atoms. The molecule has 3 rings (SSSR count). The van der Waals surface area contributed by atoms with Crippen LogP contribution < -0.4 is 0 Å². The van der Waals surface area contributed by atoms with Gasteiger partial charge in [-0.25, -0.2) is 0 Å². The number of rotatable bonds is 1. The topological polar surface area (TPSA) is 30.2 Å². The van der Waals surface area contributed by atoms with Crippen molar-refractivity contribution in [3.8, 4) is 11.8 Å². The SMILES string of the molecule is O=CCC#Cc1ccc2oc3ccccc3c2c1. The van der Waals surface area contributed by atoms with Gasteiger partial charge < -0.3 is 9.21 Å². The second-order valence-electron chi connectivity index (χ2n) is 3.98. The van der Waals surface area contributed by atoms with Crippen LogP contribution in [0, 0.1) is 11.8 Å². The van der Waals surface area contributed by atoms with Crippen LogP contribution in [-0.4, -0.2) is 6.29 Å². The molecule has 2 nitrogen and oxygen atoms in total. The van der Waals surface area contributed by atoms with Gasteiger partial charge in [0.05, 0.1) is 6.42 Å². The Hall–Kier alpha value is -2.53. The van der Waals surface area contributed by atoms with E-state index in [9.17, 15) is 4.79 Å². The number of carbonyl (C=O) groups is 1. The number of fused-ring (bicyclic) bond motifs is 3. The average molecular weight is 234 g/mol. The van der Waals surface area contributed by atoms with Crippen LogP contribution in [0.4, 0.5) is 0 Å². The van der Waals surface area contributed by atoms with Gasteiger partial charge >= 0.3 is 0 Å². The Labute approximate surface area is 104 Å². The molecule has 0 N–H and O–H groups in total. The fraction of sp³-hybridized carbons (Fsp3) is 0.0625. The van der Waals surface area contributed by atoms with E-state index in [1.807, 2.05) is 42.5 Å². The maximum absolute atomic E-state index is 10.2. The maximum Gasteiger partial charge on any atom is 0.135 e. The molecule has 3 aromatic rings. The molecule has 0 atom stereocenters. The third kappa shape index (κ3) is 1.76. The zero-order chi connectivity index (χ0) is 12.4. The zero-order valence-corrected chi connectivity index (χ0v) is 9.64. The summed E-state index contributed by atoms with van der Waals surface area (Å²) in [6.45, 7) is 0. The summed E-state index contributed by atoms with van der Waals surface area (Å²) >= 11 is 0. The van der Waals surface area contributed by atoms with E-state index in [0.29, 0.717) is 0 Å². The number of carbonyl (C=O) groups excluding carboxylic acids is 1. The van der Waals surface area contributed by atoms with Crippen LogP contribution in [0.2, 0.25) is 0 Å². The fourth-order valence-corrected chi connectivity index (χ4v) is 2.00. The summed E-state index contributed by atoms with van der Waals surface area (Å²) < 4.78 is 5.73. The van der Waals surface area contributed by atoms with E-state index in [1.54, 1.807) is 0 Å². The minimum atomic E-state index is 0.268. The van der Waals surface area contributed by atoms with Crippen LogP contribution in [0.25, 0.3) is 21.9 Å². The molecule has 2 aromatic carbocycles. The third-order valence-corrected chi connectivity index (χ3v) is 2.79. The van der Waals surface area contributed by atoms with Gasteiger partial charge in [0.1, 0.15) is 17.5 Å². The van der Waals surface area contributed by atoms with E-state index in [4.69, 9.17) is 4.42 Å². The molecule has 2 heteroatoms. The van der Waals surface area contributed by atoms with Gasteiger partial charge in [-0.2, -0.15) is 0 Å². The lowest BCUT2D eigenvalue weighted by molar-refractivity contribution is -0.107. The predicted molar refractivity (Wildman–Crippen MR) is 71.3 cm³/mol. The Kier molecular flexibility index (Phi) is 2.59. The van der Waals surface area contributed by atoms with Gasteiger partial charge in [0.2, 0.25) is 0 Å². The van der Waals surface area contributed by atoms with Crippen molar-refractivity contribution in [1.82, 2.24) is 0 Å². The summed E-state index contributed by atoms with van der Waals surface area (Å²) in [5.41, 5.74) is 2.64. The molecule has 0 unspecified atom stereocenters. The number of hydrogen-bond donors (Lipinski definition) is 0. The molecule has 0 bridgehead atoms. The molecule has 0 radical (unpaired) electrons. The number of hydrogen-bond acceptors (Lipinski definition) is 2. The van der Waals surface area contributed by atoms with Crippen molar-refractivity contribution in [2.24, 2.45) is 0 Å². The van der Waals surface area contributed by atoms with Crippen LogP contribution in [0.3, 0.4) is 0 Å². The Bertz CT molecular complexity index is 785. The van der Waals surface area contributed by atoms with E-state index < -0.39 is 0 Å². The minimum Gasteiger partial charge on any atom is -0.456 e. The smallest absolute Gasteiger partial charge is 0.135 e. The Morgan fingerprint density at radius 3 is 2.78 bits per heavy atom. The lowest BCUT2D eigenvalue weighted by Crippen LogP contribution is -1.74. The summed E-state index contributed by atoms with van der Waals surface area (Å²) in [6, 6.07) is 13.7. The fourth-order valence-electron chi connectivity index (χ4n) is 2.00. The van der Waals surface area contributed by atoms with Gasteiger partial charge in [-0.05, 0) is 24.3 Å². The van der Waals surface area contributed by atoms with E-state index in [-0.39, 0.29) is 6.42 Å². The summed E-state index contributed by atoms with van der Waals surface area (Å²) in [5, 5.41) is 2.15. The summed E-state index contributed by atoms with van der Waals surface area (Å²) in [4.78, 5) is 10.2. The first-order chi connectivity index (χ1) is 8.88. The molecule has 1 heterocycles. The second-order valence-corrected chi connectivity index (χ2v) is 3.98. The lowest BCUT2D eigenvalue weighted by Gasteiger charge is -1.91. The first-order valence-corrected chi connectivity index (χ1v) is 5.72. The molecule has 0 saturated carbocycles. The monoisotopic (exact) mass is 234 g/mol. The summed E-state index contributed by atoms with van der Waals surface area (Å²) in [7, 11) is 0. The van der Waals surface area contributed by atoms with Crippen LogP contribution in [0.5, 0.6) is 0 Å². The molecule has 86 valence electrons. The Balaban J connectivity index is 2.19. The second kappa shape index (κ2) is 4.38. The largest absolute Gasteiger partial charge is 0.456 e. The molecular weight excluding hydrogens is 224 g/mol. The Morgan fingerprint density at radius 2 is 1.89 bits per heavy atom. The van der Waals surface area contributed by atoms with E-state index >= 15 is 0 Å². The van der Waals surface area contributed by atoms with Crippen molar-refractivity contribution in [2.45, 2.75) is 6.42 Å². The summed E-state index contributed by atoms with van der Waals surface area (Å²) in [6.07, 6.45) is 1.07. The molecule has 0 aliphatic heterocycles. The number of benzene rings is 2. The zero-order valence-electron chi connectivity index (χ0n) is 9.64. The lowest BCUT2D eigenvalue weighted by atomic mass is 10.1. The van der Waals surface area contributed by atoms with Crippen molar-refractivity contribution in [3.63, 3.8) is 0 Å². The Morgan fingerprint density at radius 1 is 1.06 bits per heavy atom. The minimum absolute atomic E-state index is 0.268. The van der Waals surface area contributed by atoms with Gasteiger partial charge in [0, 0.05) is 16.3 Å². The highest BCUT2D eigenvalue weighted by Crippen LogP contribution is 2.28. The average Bonchev–Trinajstić information content (AvgIpc) is 2.77. The van der Waals surface area contributed by atoms with Gasteiger partial charge in [0.25, 0.3) is 0 Å². The molecule has 0 fully saturated rings. The molecule has 0 spiro atoms. The van der Waals surface area contributed by atoms with Crippen molar-refractivity contribution < 1.29 is 9.21 Å². The first kappa shape index (κ1) is 10.6. The number of aldehydes is 1. The van der Waals surface area contributed by atoms with Crippen molar-refractivity contribution in [1.29, 1.82) is 0 Å². The molecule has 0 aliphatic carbocycles. The van der Waals surface area contributed by atoms with Crippen LogP contribution >= 0.6 is 0 Å². The van der Waals surface area contributed by atoms with Crippen molar-refractivity contribution >= 4 is 28.2 Å². The standard InChI is InChI=1S/C16H10O2/c17-10-4-3-5-12-8-9-16-14(11-12)13-6-1-2-7-15(13)18-16/h1-2,6-11H,4H2. The van der Waals surface area contributed by atoms with Crippen LogP contribution in [0.15, 0.2) is 46.9 Å². The highest BCUT2D eigenvalue weighted by molar-refractivity contribution is 6.05. The highest BCUT2D eigenvalue weighted by Gasteiger charge is 2.05. The third-order valence-electron chi connectivity index (χ3n) is 2.79. The van der Waals surface area contributed by atoms with Crippen molar-refractivity contribution in [3.05, 3.63) is 48.0 Å². The molecule has 1 aromatic heterocycles. The van der Waals surface area contributed by atoms with Gasteiger partial charge in [-0.3, -0.25) is 0 Å². The van der Waals surface area contributed by atoms with E-state index in [1.165, 1.54) is 0 Å².